The molecule has 1 heterocycles. The summed E-state index contributed by atoms with van der Waals surface area (Å²) in [6.45, 7) is 4.36. The largest absolute Gasteiger partial charge is 0.352 e. The van der Waals surface area contributed by atoms with E-state index in [9.17, 15) is 13.6 Å². The van der Waals surface area contributed by atoms with E-state index >= 15 is 0 Å². The van der Waals surface area contributed by atoms with Crippen LogP contribution in [0.25, 0.3) is 0 Å². The SMILES string of the molecule is Cc1cccc(CNC(=O)[C@H]2C[C@@H](c3ccccc3)CN(Cc3ccc(F)c(F)c3)C2)c1. The number of hydrogen-bond donors (Lipinski definition) is 1. The van der Waals surface area contributed by atoms with Crippen molar-refractivity contribution in [3.63, 3.8) is 0 Å². The molecular formula is C27H28F2N2O. The molecule has 3 nitrogen and oxygen atoms in total. The molecule has 3 aromatic rings. The molecule has 0 unspecified atom stereocenters. The highest BCUT2D eigenvalue weighted by molar-refractivity contribution is 5.79. The van der Waals surface area contributed by atoms with E-state index in [1.54, 1.807) is 6.07 Å². The van der Waals surface area contributed by atoms with Crippen LogP contribution in [0.1, 0.15) is 34.6 Å². The Hall–Kier alpha value is -3.05. The summed E-state index contributed by atoms with van der Waals surface area (Å²) < 4.78 is 27.0. The molecule has 0 radical (unpaired) electrons. The Bertz CT molecular complexity index is 1070. The number of carbonyl (C=O) groups excluding carboxylic acids is 1. The molecule has 1 aliphatic heterocycles. The van der Waals surface area contributed by atoms with Gasteiger partial charge in [-0.3, -0.25) is 9.69 Å². The Morgan fingerprint density at radius 2 is 1.75 bits per heavy atom. The molecule has 0 saturated carbocycles. The van der Waals surface area contributed by atoms with Crippen LogP contribution in [0.15, 0.2) is 72.8 Å². The maximum Gasteiger partial charge on any atom is 0.224 e. The van der Waals surface area contributed by atoms with E-state index in [0.29, 0.717) is 25.2 Å². The quantitative estimate of drug-likeness (QED) is 0.579. The van der Waals surface area contributed by atoms with Gasteiger partial charge in [0.1, 0.15) is 0 Å². The van der Waals surface area contributed by atoms with Gasteiger partial charge in [-0.2, -0.15) is 0 Å². The average molecular weight is 435 g/mol. The number of halogens is 2. The summed E-state index contributed by atoms with van der Waals surface area (Å²) in [5, 5.41) is 3.09. The van der Waals surface area contributed by atoms with Gasteiger partial charge in [-0.25, -0.2) is 8.78 Å². The first kappa shape index (κ1) is 22.2. The fraction of sp³-hybridized carbons (Fsp3) is 0.296. The summed E-state index contributed by atoms with van der Waals surface area (Å²) in [5.74, 6) is -1.63. The lowest BCUT2D eigenvalue weighted by atomic mass is 9.84. The molecule has 1 saturated heterocycles. The first-order chi connectivity index (χ1) is 15.5. The molecule has 2 atom stereocenters. The van der Waals surface area contributed by atoms with Crippen LogP contribution >= 0.6 is 0 Å². The van der Waals surface area contributed by atoms with E-state index in [1.165, 1.54) is 11.6 Å². The third-order valence-electron chi connectivity index (χ3n) is 6.11. The monoisotopic (exact) mass is 434 g/mol. The summed E-state index contributed by atoms with van der Waals surface area (Å²) in [5.41, 5.74) is 4.14. The number of amides is 1. The standard InChI is InChI=1S/C27H28F2N2O/c1-19-6-5-7-20(12-19)15-30-27(32)24-14-23(22-8-3-2-4-9-22)17-31(18-24)16-21-10-11-25(28)26(29)13-21/h2-13,23-24H,14-18H2,1H3,(H,30,32)/t23-,24+/m1/s1. The second kappa shape index (κ2) is 10.0. The summed E-state index contributed by atoms with van der Waals surface area (Å²) in [4.78, 5) is 15.3. The molecule has 0 bridgehead atoms. The zero-order chi connectivity index (χ0) is 22.5. The molecule has 0 spiro atoms. The van der Waals surface area contributed by atoms with Gasteiger partial charge in [0, 0.05) is 26.2 Å². The van der Waals surface area contributed by atoms with Crippen LogP contribution in [0.4, 0.5) is 8.78 Å². The molecule has 0 aromatic heterocycles. The van der Waals surface area contributed by atoms with Crippen LogP contribution in [-0.4, -0.2) is 23.9 Å². The van der Waals surface area contributed by atoms with Gasteiger partial charge in [0.2, 0.25) is 5.91 Å². The van der Waals surface area contributed by atoms with Crippen LogP contribution in [-0.2, 0) is 17.9 Å². The summed E-state index contributed by atoms with van der Waals surface area (Å²) >= 11 is 0. The van der Waals surface area contributed by atoms with E-state index in [0.717, 1.165) is 30.2 Å². The molecular weight excluding hydrogens is 406 g/mol. The van der Waals surface area contributed by atoms with Gasteiger partial charge in [0.25, 0.3) is 0 Å². The van der Waals surface area contributed by atoms with Gasteiger partial charge in [-0.1, -0.05) is 66.2 Å². The van der Waals surface area contributed by atoms with Crippen molar-refractivity contribution in [1.82, 2.24) is 10.2 Å². The predicted octanol–water partition coefficient (Wildman–Crippen LogP) is 5.20. The highest BCUT2D eigenvalue weighted by Crippen LogP contribution is 2.31. The number of hydrogen-bond acceptors (Lipinski definition) is 2. The third-order valence-corrected chi connectivity index (χ3v) is 6.11. The third kappa shape index (κ3) is 5.60. The Morgan fingerprint density at radius 1 is 0.938 bits per heavy atom. The first-order valence-electron chi connectivity index (χ1n) is 11.0. The van der Waals surface area contributed by atoms with Crippen molar-refractivity contribution in [2.45, 2.75) is 32.4 Å². The van der Waals surface area contributed by atoms with Crippen LogP contribution < -0.4 is 5.32 Å². The van der Waals surface area contributed by atoms with Crippen molar-refractivity contribution in [2.75, 3.05) is 13.1 Å². The number of nitrogens with zero attached hydrogens (tertiary/aromatic N) is 1. The van der Waals surface area contributed by atoms with Crippen LogP contribution in [0.2, 0.25) is 0 Å². The van der Waals surface area contributed by atoms with Gasteiger partial charge in [-0.15, -0.1) is 0 Å². The van der Waals surface area contributed by atoms with E-state index in [1.807, 2.05) is 43.3 Å². The van der Waals surface area contributed by atoms with E-state index in [-0.39, 0.29) is 17.7 Å². The summed E-state index contributed by atoms with van der Waals surface area (Å²) in [7, 11) is 0. The maximum absolute atomic E-state index is 13.7. The normalized spacial score (nSPS) is 19.0. The number of nitrogens with one attached hydrogen (secondary N) is 1. The minimum atomic E-state index is -0.844. The van der Waals surface area contributed by atoms with Gasteiger partial charge < -0.3 is 5.32 Å². The smallest absolute Gasteiger partial charge is 0.224 e. The lowest BCUT2D eigenvalue weighted by molar-refractivity contribution is -0.127. The molecule has 32 heavy (non-hydrogen) atoms. The molecule has 3 aromatic carbocycles. The molecule has 1 aliphatic rings. The van der Waals surface area contributed by atoms with Crippen molar-refractivity contribution in [3.8, 4) is 0 Å². The van der Waals surface area contributed by atoms with Gasteiger partial charge in [0.15, 0.2) is 11.6 Å². The zero-order valence-electron chi connectivity index (χ0n) is 18.2. The molecule has 1 fully saturated rings. The Balaban J connectivity index is 1.48. The van der Waals surface area contributed by atoms with Gasteiger partial charge in [0.05, 0.1) is 5.92 Å². The second-order valence-corrected chi connectivity index (χ2v) is 8.69. The minimum absolute atomic E-state index is 0.0300. The first-order valence-corrected chi connectivity index (χ1v) is 11.0. The zero-order valence-corrected chi connectivity index (χ0v) is 18.2. The minimum Gasteiger partial charge on any atom is -0.352 e. The molecule has 5 heteroatoms. The Labute approximate surface area is 188 Å². The summed E-state index contributed by atoms with van der Waals surface area (Å²) in [6, 6.07) is 22.3. The van der Waals surface area contributed by atoms with E-state index in [4.69, 9.17) is 0 Å². The number of carbonyl (C=O) groups is 1. The molecule has 1 N–H and O–H groups in total. The molecule has 0 aliphatic carbocycles. The van der Waals surface area contributed by atoms with Crippen LogP contribution in [0.5, 0.6) is 0 Å². The van der Waals surface area contributed by atoms with Crippen molar-refractivity contribution in [1.29, 1.82) is 0 Å². The number of aryl methyl sites for hydroxylation is 1. The Kier molecular flexibility index (Phi) is 6.96. The van der Waals surface area contributed by atoms with Gasteiger partial charge in [-0.05, 0) is 48.1 Å². The van der Waals surface area contributed by atoms with E-state index < -0.39 is 11.6 Å². The summed E-state index contributed by atoms with van der Waals surface area (Å²) in [6.07, 6.45) is 0.762. The lowest BCUT2D eigenvalue weighted by Crippen LogP contribution is -2.45. The topological polar surface area (TPSA) is 32.3 Å². The number of benzene rings is 3. The van der Waals surface area contributed by atoms with Crippen molar-refractivity contribution in [3.05, 3.63) is 107 Å². The molecule has 166 valence electrons. The van der Waals surface area contributed by atoms with Gasteiger partial charge >= 0.3 is 0 Å². The fourth-order valence-electron chi connectivity index (χ4n) is 4.53. The Morgan fingerprint density at radius 3 is 2.50 bits per heavy atom. The van der Waals surface area contributed by atoms with Crippen molar-refractivity contribution < 1.29 is 13.6 Å². The number of piperidine rings is 1. The molecule has 4 rings (SSSR count). The van der Waals surface area contributed by atoms with Crippen molar-refractivity contribution in [2.24, 2.45) is 5.92 Å². The fourth-order valence-corrected chi connectivity index (χ4v) is 4.53. The average Bonchev–Trinajstić information content (AvgIpc) is 2.80. The second-order valence-electron chi connectivity index (χ2n) is 8.69. The predicted molar refractivity (Wildman–Crippen MR) is 122 cm³/mol. The van der Waals surface area contributed by atoms with Crippen molar-refractivity contribution >= 4 is 5.91 Å². The van der Waals surface area contributed by atoms with Crippen LogP contribution in [0, 0.1) is 24.5 Å². The molecule has 1 amide bonds. The van der Waals surface area contributed by atoms with E-state index in [2.05, 4.69) is 28.4 Å². The maximum atomic E-state index is 13.7. The highest BCUT2D eigenvalue weighted by atomic mass is 19.2. The number of rotatable bonds is 6. The lowest BCUT2D eigenvalue weighted by Gasteiger charge is -2.37. The highest BCUT2D eigenvalue weighted by Gasteiger charge is 2.32. The van der Waals surface area contributed by atoms with Crippen LogP contribution in [0.3, 0.4) is 0 Å². The number of likely N-dealkylation sites (tertiary alicyclic amines) is 1.